The van der Waals surface area contributed by atoms with Gasteiger partial charge in [-0.25, -0.2) is 0 Å². The zero-order valence-corrected chi connectivity index (χ0v) is 15.7. The van der Waals surface area contributed by atoms with Crippen LogP contribution in [0, 0.1) is 6.92 Å². The molecular weight excluding hydrogens is 332 g/mol. The van der Waals surface area contributed by atoms with Gasteiger partial charge in [-0.2, -0.15) is 0 Å². The largest absolute Gasteiger partial charge is 0.461 e. The van der Waals surface area contributed by atoms with E-state index in [2.05, 4.69) is 13.0 Å². The van der Waals surface area contributed by atoms with Crippen LogP contribution in [0.4, 0.5) is 0 Å². The molecule has 0 unspecified atom stereocenters. The van der Waals surface area contributed by atoms with Crippen molar-refractivity contribution >= 4 is 29.0 Å². The summed E-state index contributed by atoms with van der Waals surface area (Å²) in [6, 6.07) is 0. The van der Waals surface area contributed by atoms with Crippen molar-refractivity contribution < 1.29 is 23.5 Å². The second kappa shape index (κ2) is 7.36. The van der Waals surface area contributed by atoms with Crippen LogP contribution in [0.25, 0.3) is 17.0 Å². The number of furan rings is 1. The van der Waals surface area contributed by atoms with E-state index >= 15 is 0 Å². The van der Waals surface area contributed by atoms with Gasteiger partial charge in [0.1, 0.15) is 6.61 Å². The maximum Gasteiger partial charge on any atom is 0.311 e. The molecule has 0 radical (unpaired) electrons. The van der Waals surface area contributed by atoms with Gasteiger partial charge in [-0.05, 0) is 30.4 Å². The van der Waals surface area contributed by atoms with E-state index < -0.39 is 0 Å². The summed E-state index contributed by atoms with van der Waals surface area (Å²) in [7, 11) is 0. The summed E-state index contributed by atoms with van der Waals surface area (Å²) in [6.07, 6.45) is 7.18. The van der Waals surface area contributed by atoms with Gasteiger partial charge in [-0.1, -0.05) is 32.9 Å². The molecule has 0 saturated carbocycles. The standard InChI is InChI=1S/C21H24O5/c1-5-16(22)24-11-15-18-12(3)8-7-9-14(18)20(26-17(23)6-2)21-19(15)13(4)10-25-21/h7,9-10,12H,5-6,8,11H2,1-4H3/t12-/m0/s1. The van der Waals surface area contributed by atoms with Gasteiger partial charge >= 0.3 is 11.9 Å². The van der Waals surface area contributed by atoms with E-state index in [1.54, 1.807) is 20.1 Å². The van der Waals surface area contributed by atoms with Crippen LogP contribution in [0.2, 0.25) is 0 Å². The zero-order valence-electron chi connectivity index (χ0n) is 15.7. The highest BCUT2D eigenvalue weighted by atomic mass is 16.5. The Kier molecular flexibility index (Phi) is 5.16. The van der Waals surface area contributed by atoms with Gasteiger partial charge in [0.2, 0.25) is 0 Å². The lowest BCUT2D eigenvalue weighted by atomic mass is 9.82. The van der Waals surface area contributed by atoms with Crippen LogP contribution in [0.1, 0.15) is 68.2 Å². The number of carbonyl (C=O) groups excluding carboxylic acids is 2. The van der Waals surface area contributed by atoms with E-state index in [9.17, 15) is 9.59 Å². The van der Waals surface area contributed by atoms with E-state index in [-0.39, 0.29) is 30.9 Å². The number of allylic oxidation sites excluding steroid dienone is 1. The van der Waals surface area contributed by atoms with Gasteiger partial charge in [0.25, 0.3) is 0 Å². The van der Waals surface area contributed by atoms with Crippen LogP contribution in [0.3, 0.4) is 0 Å². The number of fused-ring (bicyclic) bond motifs is 2. The fourth-order valence-electron chi connectivity index (χ4n) is 3.46. The number of hydrogen-bond acceptors (Lipinski definition) is 5. The van der Waals surface area contributed by atoms with Gasteiger partial charge < -0.3 is 13.9 Å². The molecule has 0 saturated heterocycles. The summed E-state index contributed by atoms with van der Waals surface area (Å²) in [5.74, 6) is 0.138. The molecule has 3 rings (SSSR count). The molecule has 0 N–H and O–H groups in total. The molecule has 5 nitrogen and oxygen atoms in total. The number of ether oxygens (including phenoxy) is 2. The van der Waals surface area contributed by atoms with Crippen molar-refractivity contribution in [3.8, 4) is 5.75 Å². The van der Waals surface area contributed by atoms with Crippen molar-refractivity contribution in [2.45, 2.75) is 59.5 Å². The van der Waals surface area contributed by atoms with E-state index in [4.69, 9.17) is 13.9 Å². The minimum atomic E-state index is -0.306. The summed E-state index contributed by atoms with van der Waals surface area (Å²) in [5.41, 5.74) is 4.31. The Bertz CT molecular complexity index is 888. The molecular formula is C21H24O5. The Morgan fingerprint density at radius 1 is 1.23 bits per heavy atom. The normalized spacial score (nSPS) is 15.8. The molecule has 0 amide bonds. The Labute approximate surface area is 153 Å². The molecule has 0 fully saturated rings. The van der Waals surface area contributed by atoms with Crippen molar-refractivity contribution in [1.82, 2.24) is 0 Å². The summed E-state index contributed by atoms with van der Waals surface area (Å²) < 4.78 is 16.8. The first-order valence-corrected chi connectivity index (χ1v) is 9.07. The van der Waals surface area contributed by atoms with E-state index in [1.165, 1.54) is 0 Å². The quantitative estimate of drug-likeness (QED) is 0.555. The van der Waals surface area contributed by atoms with E-state index in [0.717, 1.165) is 34.1 Å². The smallest absolute Gasteiger partial charge is 0.311 e. The first-order valence-electron chi connectivity index (χ1n) is 9.07. The lowest BCUT2D eigenvalue weighted by molar-refractivity contribution is -0.144. The Hall–Kier alpha value is -2.56. The van der Waals surface area contributed by atoms with Gasteiger partial charge in [0.15, 0.2) is 11.3 Å². The highest BCUT2D eigenvalue weighted by Crippen LogP contribution is 2.45. The van der Waals surface area contributed by atoms with Gasteiger partial charge in [0.05, 0.1) is 6.26 Å². The molecule has 0 bridgehead atoms. The predicted molar refractivity (Wildman–Crippen MR) is 99.0 cm³/mol. The highest BCUT2D eigenvalue weighted by molar-refractivity contribution is 5.96. The molecule has 1 aliphatic carbocycles. The number of hydrogen-bond donors (Lipinski definition) is 0. The van der Waals surface area contributed by atoms with Crippen molar-refractivity contribution in [2.24, 2.45) is 0 Å². The Balaban J connectivity index is 2.26. The third-order valence-corrected chi connectivity index (χ3v) is 4.78. The minimum absolute atomic E-state index is 0.187. The molecule has 1 heterocycles. The van der Waals surface area contributed by atoms with Crippen molar-refractivity contribution in [1.29, 1.82) is 0 Å². The van der Waals surface area contributed by atoms with Crippen LogP contribution >= 0.6 is 0 Å². The highest BCUT2D eigenvalue weighted by Gasteiger charge is 2.28. The average Bonchev–Trinajstić information content (AvgIpc) is 3.02. The number of rotatable bonds is 5. The molecule has 2 aromatic rings. The average molecular weight is 356 g/mol. The molecule has 0 aliphatic heterocycles. The number of esters is 2. The van der Waals surface area contributed by atoms with Gasteiger partial charge in [0, 0.05) is 29.4 Å². The van der Waals surface area contributed by atoms with Gasteiger partial charge in [-0.3, -0.25) is 9.59 Å². The summed E-state index contributed by atoms with van der Waals surface area (Å²) >= 11 is 0. The number of benzene rings is 1. The monoisotopic (exact) mass is 356 g/mol. The molecule has 138 valence electrons. The van der Waals surface area contributed by atoms with Crippen LogP contribution in [-0.4, -0.2) is 11.9 Å². The topological polar surface area (TPSA) is 65.7 Å². The Morgan fingerprint density at radius 3 is 2.65 bits per heavy atom. The third kappa shape index (κ3) is 3.14. The lowest BCUT2D eigenvalue weighted by Gasteiger charge is -2.25. The van der Waals surface area contributed by atoms with Crippen LogP contribution < -0.4 is 4.74 Å². The van der Waals surface area contributed by atoms with Crippen molar-refractivity contribution in [2.75, 3.05) is 0 Å². The molecule has 1 aliphatic rings. The van der Waals surface area contributed by atoms with E-state index in [0.29, 0.717) is 17.8 Å². The maximum absolute atomic E-state index is 12.0. The molecule has 5 heteroatoms. The molecule has 1 aromatic heterocycles. The third-order valence-electron chi connectivity index (χ3n) is 4.78. The van der Waals surface area contributed by atoms with Crippen LogP contribution in [0.5, 0.6) is 5.75 Å². The molecule has 26 heavy (non-hydrogen) atoms. The lowest BCUT2D eigenvalue weighted by Crippen LogP contribution is -2.13. The van der Waals surface area contributed by atoms with Crippen LogP contribution in [-0.2, 0) is 20.9 Å². The van der Waals surface area contributed by atoms with Crippen molar-refractivity contribution in [3.05, 3.63) is 34.6 Å². The van der Waals surface area contributed by atoms with Crippen molar-refractivity contribution in [3.63, 3.8) is 0 Å². The fraction of sp³-hybridized carbons (Fsp3) is 0.429. The fourth-order valence-corrected chi connectivity index (χ4v) is 3.46. The predicted octanol–water partition coefficient (Wildman–Crippen LogP) is 5.03. The number of aryl methyl sites for hydroxylation is 1. The Morgan fingerprint density at radius 2 is 1.96 bits per heavy atom. The summed E-state index contributed by atoms with van der Waals surface area (Å²) in [6.45, 7) is 7.79. The zero-order chi connectivity index (χ0) is 18.8. The summed E-state index contributed by atoms with van der Waals surface area (Å²) in [5, 5.41) is 0.869. The molecule has 0 spiro atoms. The first kappa shape index (κ1) is 18.2. The SMILES string of the molecule is CCC(=O)OCc1c2c(c(OC(=O)CC)c3occ(C)c13)C=CC[C@@H]2C. The molecule has 1 atom stereocenters. The number of carbonyl (C=O) groups is 2. The minimum Gasteiger partial charge on any atom is -0.461 e. The molecule has 1 aromatic carbocycles. The second-order valence-electron chi connectivity index (χ2n) is 6.64. The van der Waals surface area contributed by atoms with Gasteiger partial charge in [-0.15, -0.1) is 0 Å². The first-order chi connectivity index (χ1) is 12.5. The second-order valence-corrected chi connectivity index (χ2v) is 6.64. The van der Waals surface area contributed by atoms with Crippen LogP contribution in [0.15, 0.2) is 16.8 Å². The van der Waals surface area contributed by atoms with E-state index in [1.807, 2.05) is 13.0 Å². The summed E-state index contributed by atoms with van der Waals surface area (Å²) in [4.78, 5) is 23.7. The maximum atomic E-state index is 12.0.